The van der Waals surface area contributed by atoms with Crippen molar-refractivity contribution in [1.82, 2.24) is 5.32 Å². The lowest BCUT2D eigenvalue weighted by Crippen LogP contribution is -2.40. The molecule has 6 heteroatoms. The Labute approximate surface area is 116 Å². The Morgan fingerprint density at radius 3 is 2.85 bits per heavy atom. The van der Waals surface area contributed by atoms with E-state index in [9.17, 15) is 9.59 Å². The number of carbonyl (C=O) groups is 2. The molecule has 0 radical (unpaired) electrons. The van der Waals surface area contributed by atoms with Crippen LogP contribution < -0.4 is 14.8 Å². The standard InChI is InChI=1S/C14H15NO5/c1-2-4-10(14(17)18)15-13(16)9-5-3-6-11-12(9)20-8-7-19-11/h2-3,5-6,10H,1,4,7-8H2,(H,15,16)(H,17,18). The summed E-state index contributed by atoms with van der Waals surface area (Å²) in [7, 11) is 0. The van der Waals surface area contributed by atoms with Gasteiger partial charge in [-0.1, -0.05) is 12.1 Å². The first-order chi connectivity index (χ1) is 9.63. The fourth-order valence-electron chi connectivity index (χ4n) is 1.88. The van der Waals surface area contributed by atoms with Gasteiger partial charge in [-0.05, 0) is 18.6 Å². The number of rotatable bonds is 5. The lowest BCUT2D eigenvalue weighted by molar-refractivity contribution is -0.139. The maximum atomic E-state index is 12.2. The third kappa shape index (κ3) is 2.90. The number of fused-ring (bicyclic) bond motifs is 1. The van der Waals surface area contributed by atoms with Crippen molar-refractivity contribution in [1.29, 1.82) is 0 Å². The average Bonchev–Trinajstić information content (AvgIpc) is 2.46. The molecule has 0 aliphatic carbocycles. The number of carboxylic acids is 1. The minimum Gasteiger partial charge on any atom is -0.486 e. The van der Waals surface area contributed by atoms with Crippen LogP contribution in [-0.2, 0) is 4.79 Å². The summed E-state index contributed by atoms with van der Waals surface area (Å²) in [6.07, 6.45) is 1.59. The minimum atomic E-state index is -1.11. The van der Waals surface area contributed by atoms with E-state index in [0.29, 0.717) is 24.7 Å². The number of hydrogen-bond donors (Lipinski definition) is 2. The summed E-state index contributed by atoms with van der Waals surface area (Å²) in [5.41, 5.74) is 0.262. The van der Waals surface area contributed by atoms with Gasteiger partial charge in [0.25, 0.3) is 5.91 Å². The van der Waals surface area contributed by atoms with Crippen LogP contribution >= 0.6 is 0 Å². The molecule has 20 heavy (non-hydrogen) atoms. The van der Waals surface area contributed by atoms with Gasteiger partial charge in [-0.2, -0.15) is 0 Å². The van der Waals surface area contributed by atoms with E-state index in [-0.39, 0.29) is 12.0 Å². The monoisotopic (exact) mass is 277 g/mol. The molecule has 2 N–H and O–H groups in total. The van der Waals surface area contributed by atoms with Crippen molar-refractivity contribution < 1.29 is 24.2 Å². The molecular weight excluding hydrogens is 262 g/mol. The van der Waals surface area contributed by atoms with Crippen molar-refractivity contribution in [2.75, 3.05) is 13.2 Å². The van der Waals surface area contributed by atoms with Crippen LogP contribution in [0.4, 0.5) is 0 Å². The number of aliphatic carboxylic acids is 1. The van der Waals surface area contributed by atoms with E-state index in [2.05, 4.69) is 11.9 Å². The molecule has 1 aromatic rings. The summed E-state index contributed by atoms with van der Waals surface area (Å²) in [5.74, 6) is -0.791. The molecule has 6 nitrogen and oxygen atoms in total. The Morgan fingerprint density at radius 2 is 2.15 bits per heavy atom. The summed E-state index contributed by atoms with van der Waals surface area (Å²) in [5, 5.41) is 11.5. The second-order valence-corrected chi connectivity index (χ2v) is 4.22. The van der Waals surface area contributed by atoms with E-state index >= 15 is 0 Å². The van der Waals surface area contributed by atoms with E-state index in [1.807, 2.05) is 0 Å². The summed E-state index contributed by atoms with van der Waals surface area (Å²) >= 11 is 0. The molecule has 0 fully saturated rings. The molecule has 1 aromatic carbocycles. The van der Waals surface area contributed by atoms with Crippen molar-refractivity contribution in [2.24, 2.45) is 0 Å². The maximum absolute atomic E-state index is 12.2. The summed E-state index contributed by atoms with van der Waals surface area (Å²) < 4.78 is 10.8. The minimum absolute atomic E-state index is 0.146. The Kier molecular flexibility index (Phi) is 4.24. The molecule has 0 spiro atoms. The number of hydrogen-bond acceptors (Lipinski definition) is 4. The van der Waals surface area contributed by atoms with Crippen LogP contribution in [0.5, 0.6) is 11.5 Å². The highest BCUT2D eigenvalue weighted by Gasteiger charge is 2.24. The topological polar surface area (TPSA) is 84.9 Å². The van der Waals surface area contributed by atoms with Crippen molar-refractivity contribution >= 4 is 11.9 Å². The van der Waals surface area contributed by atoms with Crippen LogP contribution in [0.3, 0.4) is 0 Å². The Bertz CT molecular complexity index is 540. The predicted octanol–water partition coefficient (Wildman–Crippen LogP) is 1.22. The van der Waals surface area contributed by atoms with Crippen LogP contribution in [0, 0.1) is 0 Å². The molecule has 1 amide bonds. The SMILES string of the molecule is C=CCC(NC(=O)c1cccc2c1OCCO2)C(=O)O. The van der Waals surface area contributed by atoms with E-state index < -0.39 is 17.9 Å². The van der Waals surface area contributed by atoms with Gasteiger partial charge in [-0.15, -0.1) is 6.58 Å². The largest absolute Gasteiger partial charge is 0.486 e. The Hall–Kier alpha value is -2.50. The van der Waals surface area contributed by atoms with Gasteiger partial charge in [0, 0.05) is 0 Å². The molecule has 1 atom stereocenters. The average molecular weight is 277 g/mol. The van der Waals surface area contributed by atoms with E-state index in [0.717, 1.165) is 0 Å². The molecular formula is C14H15NO5. The molecule has 1 unspecified atom stereocenters. The van der Waals surface area contributed by atoms with Gasteiger partial charge in [0.05, 0.1) is 5.56 Å². The first-order valence-corrected chi connectivity index (χ1v) is 6.16. The third-order valence-electron chi connectivity index (χ3n) is 2.82. The summed E-state index contributed by atoms with van der Waals surface area (Å²) in [4.78, 5) is 23.2. The van der Waals surface area contributed by atoms with E-state index in [4.69, 9.17) is 14.6 Å². The number of carboxylic acid groups (broad SMARTS) is 1. The predicted molar refractivity (Wildman–Crippen MR) is 71.1 cm³/mol. The van der Waals surface area contributed by atoms with Gasteiger partial charge in [0.1, 0.15) is 19.3 Å². The Balaban J connectivity index is 2.21. The van der Waals surface area contributed by atoms with Crippen molar-refractivity contribution in [3.8, 4) is 11.5 Å². The smallest absolute Gasteiger partial charge is 0.326 e. The summed E-state index contributed by atoms with van der Waals surface area (Å²) in [6, 6.07) is 3.91. The zero-order valence-corrected chi connectivity index (χ0v) is 10.8. The second-order valence-electron chi connectivity index (χ2n) is 4.22. The van der Waals surface area contributed by atoms with Gasteiger partial charge in [-0.25, -0.2) is 4.79 Å². The number of nitrogens with one attached hydrogen (secondary N) is 1. The first-order valence-electron chi connectivity index (χ1n) is 6.16. The molecule has 106 valence electrons. The molecule has 0 saturated carbocycles. The van der Waals surface area contributed by atoms with Crippen molar-refractivity contribution in [3.63, 3.8) is 0 Å². The molecule has 2 rings (SSSR count). The molecule has 1 aliphatic rings. The molecule has 1 aliphatic heterocycles. The Morgan fingerprint density at radius 1 is 1.40 bits per heavy atom. The highest BCUT2D eigenvalue weighted by atomic mass is 16.6. The summed E-state index contributed by atoms with van der Waals surface area (Å²) in [6.45, 7) is 4.25. The lowest BCUT2D eigenvalue weighted by Gasteiger charge is -2.21. The molecule has 1 heterocycles. The fraction of sp³-hybridized carbons (Fsp3) is 0.286. The number of para-hydroxylation sites is 1. The van der Waals surface area contributed by atoms with Gasteiger partial charge in [-0.3, -0.25) is 4.79 Å². The third-order valence-corrected chi connectivity index (χ3v) is 2.82. The van der Waals surface area contributed by atoms with Gasteiger partial charge < -0.3 is 19.9 Å². The van der Waals surface area contributed by atoms with Crippen LogP contribution in [-0.4, -0.2) is 36.2 Å². The quantitative estimate of drug-likeness (QED) is 0.790. The molecule has 0 bridgehead atoms. The molecule has 0 aromatic heterocycles. The van der Waals surface area contributed by atoms with Crippen molar-refractivity contribution in [3.05, 3.63) is 36.4 Å². The van der Waals surface area contributed by atoms with Gasteiger partial charge in [0.15, 0.2) is 11.5 Å². The first kappa shape index (κ1) is 13.9. The maximum Gasteiger partial charge on any atom is 0.326 e. The fourth-order valence-corrected chi connectivity index (χ4v) is 1.88. The lowest BCUT2D eigenvalue weighted by atomic mass is 10.1. The van der Waals surface area contributed by atoms with E-state index in [1.165, 1.54) is 6.08 Å². The number of amides is 1. The van der Waals surface area contributed by atoms with Crippen LogP contribution in [0.15, 0.2) is 30.9 Å². The van der Waals surface area contributed by atoms with Gasteiger partial charge >= 0.3 is 5.97 Å². The van der Waals surface area contributed by atoms with E-state index in [1.54, 1.807) is 18.2 Å². The zero-order valence-electron chi connectivity index (χ0n) is 10.8. The zero-order chi connectivity index (χ0) is 14.5. The highest BCUT2D eigenvalue weighted by Crippen LogP contribution is 2.33. The highest BCUT2D eigenvalue weighted by molar-refractivity contribution is 5.99. The number of benzene rings is 1. The van der Waals surface area contributed by atoms with Crippen LogP contribution in [0.1, 0.15) is 16.8 Å². The van der Waals surface area contributed by atoms with Crippen LogP contribution in [0.25, 0.3) is 0 Å². The normalized spacial score (nSPS) is 14.2. The van der Waals surface area contributed by atoms with Crippen LogP contribution in [0.2, 0.25) is 0 Å². The molecule has 0 saturated heterocycles. The van der Waals surface area contributed by atoms with Crippen molar-refractivity contribution in [2.45, 2.75) is 12.5 Å². The number of carbonyl (C=O) groups excluding carboxylic acids is 1. The second kappa shape index (κ2) is 6.10. The number of ether oxygens (including phenoxy) is 2. The van der Waals surface area contributed by atoms with Gasteiger partial charge in [0.2, 0.25) is 0 Å².